The predicted molar refractivity (Wildman–Crippen MR) is 75.2 cm³/mol. The fourth-order valence-electron chi connectivity index (χ4n) is 3.95. The van der Waals surface area contributed by atoms with Crippen LogP contribution < -0.4 is 10.2 Å². The molecule has 0 bridgehead atoms. The maximum atomic E-state index is 3.53. The molecule has 2 saturated heterocycles. The van der Waals surface area contributed by atoms with Gasteiger partial charge >= 0.3 is 0 Å². The lowest BCUT2D eigenvalue weighted by molar-refractivity contribution is 0.577. The molecule has 18 heavy (non-hydrogen) atoms. The van der Waals surface area contributed by atoms with Gasteiger partial charge in [-0.3, -0.25) is 0 Å². The van der Waals surface area contributed by atoms with Gasteiger partial charge in [-0.05, 0) is 55.8 Å². The van der Waals surface area contributed by atoms with Crippen LogP contribution in [0.15, 0.2) is 24.3 Å². The monoisotopic (exact) mass is 242 g/mol. The number of rotatable bonds is 2. The zero-order valence-electron chi connectivity index (χ0n) is 11.0. The van der Waals surface area contributed by atoms with Crippen LogP contribution in [-0.4, -0.2) is 26.2 Å². The molecule has 3 aliphatic rings. The van der Waals surface area contributed by atoms with Crippen molar-refractivity contribution in [1.82, 2.24) is 5.32 Å². The minimum absolute atomic E-state index is 0.514. The van der Waals surface area contributed by atoms with Crippen LogP contribution in [0.1, 0.15) is 31.2 Å². The SMILES string of the molecule is c1cc(C23CNCC2C3)ccc1N1CCCCC1. The highest BCUT2D eigenvalue weighted by atomic mass is 15.1. The Bertz CT molecular complexity index is 433. The van der Waals surface area contributed by atoms with Gasteiger partial charge in [0.1, 0.15) is 0 Å². The smallest absolute Gasteiger partial charge is 0.0366 e. The van der Waals surface area contributed by atoms with E-state index in [1.54, 1.807) is 5.56 Å². The molecule has 0 aromatic heterocycles. The Kier molecular flexibility index (Phi) is 2.41. The number of hydrogen-bond acceptors (Lipinski definition) is 2. The van der Waals surface area contributed by atoms with E-state index in [0.29, 0.717) is 5.41 Å². The number of benzene rings is 1. The molecule has 2 heterocycles. The molecule has 1 aromatic rings. The summed E-state index contributed by atoms with van der Waals surface area (Å²) in [4.78, 5) is 2.54. The van der Waals surface area contributed by atoms with Gasteiger partial charge in [-0.1, -0.05) is 12.1 Å². The van der Waals surface area contributed by atoms with Gasteiger partial charge in [-0.2, -0.15) is 0 Å². The molecule has 2 nitrogen and oxygen atoms in total. The minimum atomic E-state index is 0.514. The average Bonchev–Trinajstić information content (AvgIpc) is 3.02. The molecule has 2 aliphatic heterocycles. The molecular formula is C16H22N2. The van der Waals surface area contributed by atoms with Gasteiger partial charge in [0.15, 0.2) is 0 Å². The van der Waals surface area contributed by atoms with Gasteiger partial charge in [0.2, 0.25) is 0 Å². The Morgan fingerprint density at radius 2 is 1.83 bits per heavy atom. The number of fused-ring (bicyclic) bond motifs is 1. The summed E-state index contributed by atoms with van der Waals surface area (Å²) in [6, 6.07) is 9.47. The van der Waals surface area contributed by atoms with Crippen molar-refractivity contribution in [2.45, 2.75) is 31.1 Å². The van der Waals surface area contributed by atoms with Crippen LogP contribution in [0, 0.1) is 5.92 Å². The van der Waals surface area contributed by atoms with Gasteiger partial charge in [-0.15, -0.1) is 0 Å². The molecule has 96 valence electrons. The third-order valence-corrected chi connectivity index (χ3v) is 5.23. The molecule has 0 spiro atoms. The zero-order chi connectivity index (χ0) is 12.0. The Hall–Kier alpha value is -1.02. The van der Waals surface area contributed by atoms with Crippen molar-refractivity contribution >= 4 is 5.69 Å². The van der Waals surface area contributed by atoms with E-state index in [0.717, 1.165) is 5.92 Å². The summed E-state index contributed by atoms with van der Waals surface area (Å²) < 4.78 is 0. The van der Waals surface area contributed by atoms with Crippen LogP contribution >= 0.6 is 0 Å². The molecule has 4 rings (SSSR count). The maximum Gasteiger partial charge on any atom is 0.0366 e. The average molecular weight is 242 g/mol. The molecule has 2 atom stereocenters. The molecule has 1 aromatic carbocycles. The van der Waals surface area contributed by atoms with E-state index in [1.807, 2.05) is 0 Å². The van der Waals surface area contributed by atoms with Crippen LogP contribution in [0.5, 0.6) is 0 Å². The third-order valence-electron chi connectivity index (χ3n) is 5.23. The molecule has 2 heteroatoms. The molecular weight excluding hydrogens is 220 g/mol. The van der Waals surface area contributed by atoms with Crippen LogP contribution in [0.4, 0.5) is 5.69 Å². The van der Waals surface area contributed by atoms with Gasteiger partial charge in [-0.25, -0.2) is 0 Å². The molecule has 0 radical (unpaired) electrons. The zero-order valence-corrected chi connectivity index (χ0v) is 11.0. The largest absolute Gasteiger partial charge is 0.372 e. The first-order valence-electron chi connectivity index (χ1n) is 7.45. The highest BCUT2D eigenvalue weighted by molar-refractivity contribution is 5.50. The Labute approximate surface area is 109 Å². The molecule has 1 saturated carbocycles. The summed E-state index contributed by atoms with van der Waals surface area (Å²) in [6.07, 6.45) is 5.53. The van der Waals surface area contributed by atoms with E-state index in [-0.39, 0.29) is 0 Å². The number of hydrogen-bond donors (Lipinski definition) is 1. The van der Waals surface area contributed by atoms with Gasteiger partial charge in [0.05, 0.1) is 0 Å². The standard InChI is InChI=1S/C16H22N2/c1-2-8-18(9-3-1)15-6-4-13(5-7-15)16-10-14(16)11-17-12-16/h4-7,14,17H,1-3,8-12H2. The first-order chi connectivity index (χ1) is 8.88. The normalized spacial score (nSPS) is 34.4. The van der Waals surface area contributed by atoms with Crippen molar-refractivity contribution in [3.63, 3.8) is 0 Å². The Morgan fingerprint density at radius 1 is 1.06 bits per heavy atom. The number of anilines is 1. The summed E-state index contributed by atoms with van der Waals surface area (Å²) in [7, 11) is 0. The summed E-state index contributed by atoms with van der Waals surface area (Å²) in [5, 5.41) is 3.53. The quantitative estimate of drug-likeness (QED) is 0.857. The summed E-state index contributed by atoms with van der Waals surface area (Å²) in [5.74, 6) is 0.915. The van der Waals surface area contributed by atoms with E-state index in [9.17, 15) is 0 Å². The lowest BCUT2D eigenvalue weighted by Gasteiger charge is -2.29. The van der Waals surface area contributed by atoms with Gasteiger partial charge in [0.25, 0.3) is 0 Å². The van der Waals surface area contributed by atoms with Crippen molar-refractivity contribution in [2.24, 2.45) is 5.92 Å². The lowest BCUT2D eigenvalue weighted by atomic mass is 9.95. The predicted octanol–water partition coefficient (Wildman–Crippen LogP) is 2.54. The fourth-order valence-corrected chi connectivity index (χ4v) is 3.95. The number of piperidine rings is 2. The molecule has 0 amide bonds. The van der Waals surface area contributed by atoms with E-state index in [2.05, 4.69) is 34.5 Å². The minimum Gasteiger partial charge on any atom is -0.372 e. The van der Waals surface area contributed by atoms with Crippen molar-refractivity contribution in [3.05, 3.63) is 29.8 Å². The van der Waals surface area contributed by atoms with Crippen molar-refractivity contribution in [1.29, 1.82) is 0 Å². The van der Waals surface area contributed by atoms with Crippen molar-refractivity contribution in [2.75, 3.05) is 31.1 Å². The first-order valence-corrected chi connectivity index (χ1v) is 7.45. The lowest BCUT2D eigenvalue weighted by Crippen LogP contribution is -2.29. The highest BCUT2D eigenvalue weighted by Crippen LogP contribution is 2.56. The number of nitrogens with zero attached hydrogens (tertiary/aromatic N) is 1. The van der Waals surface area contributed by atoms with Gasteiger partial charge < -0.3 is 10.2 Å². The number of nitrogens with one attached hydrogen (secondary N) is 1. The van der Waals surface area contributed by atoms with E-state index in [1.165, 1.54) is 57.5 Å². The van der Waals surface area contributed by atoms with E-state index in [4.69, 9.17) is 0 Å². The highest BCUT2D eigenvalue weighted by Gasteiger charge is 2.57. The van der Waals surface area contributed by atoms with E-state index >= 15 is 0 Å². The topological polar surface area (TPSA) is 15.3 Å². The van der Waals surface area contributed by atoms with Crippen LogP contribution in [0.3, 0.4) is 0 Å². The maximum absolute atomic E-state index is 3.53. The van der Waals surface area contributed by atoms with E-state index < -0.39 is 0 Å². The molecule has 2 unspecified atom stereocenters. The van der Waals surface area contributed by atoms with Crippen LogP contribution in [0.25, 0.3) is 0 Å². The second-order valence-electron chi connectivity index (χ2n) is 6.28. The molecule has 3 fully saturated rings. The van der Waals surface area contributed by atoms with Gasteiger partial charge in [0, 0.05) is 30.7 Å². The fraction of sp³-hybridized carbons (Fsp3) is 0.625. The second kappa shape index (κ2) is 3.99. The summed E-state index contributed by atoms with van der Waals surface area (Å²) >= 11 is 0. The Morgan fingerprint density at radius 3 is 2.44 bits per heavy atom. The summed E-state index contributed by atoms with van der Waals surface area (Å²) in [5.41, 5.74) is 3.51. The Balaban J connectivity index is 1.54. The third kappa shape index (κ3) is 1.58. The van der Waals surface area contributed by atoms with Crippen molar-refractivity contribution in [3.8, 4) is 0 Å². The van der Waals surface area contributed by atoms with Crippen LogP contribution in [0.2, 0.25) is 0 Å². The van der Waals surface area contributed by atoms with Crippen LogP contribution in [-0.2, 0) is 5.41 Å². The first kappa shape index (κ1) is 10.9. The van der Waals surface area contributed by atoms with Crippen molar-refractivity contribution < 1.29 is 0 Å². The summed E-state index contributed by atoms with van der Waals surface area (Å²) in [6.45, 7) is 4.91. The second-order valence-corrected chi connectivity index (χ2v) is 6.28. The molecule has 1 N–H and O–H groups in total. The molecule has 1 aliphatic carbocycles.